The molecule has 0 aliphatic heterocycles. The maximum atomic E-state index is 13.0. The molecule has 2 rings (SSSR count). The number of carbonyl (C=O) groups is 2. The molecule has 0 radical (unpaired) electrons. The van der Waals surface area contributed by atoms with E-state index < -0.39 is 0 Å². The molecule has 0 unspecified atom stereocenters. The molecule has 0 aliphatic carbocycles. The van der Waals surface area contributed by atoms with Gasteiger partial charge in [0.2, 0.25) is 0 Å². The van der Waals surface area contributed by atoms with Gasteiger partial charge in [-0.25, -0.2) is 4.39 Å². The van der Waals surface area contributed by atoms with E-state index in [9.17, 15) is 14.0 Å². The smallest absolute Gasteiger partial charge is 0.307 e. The predicted molar refractivity (Wildman–Crippen MR) is 95.3 cm³/mol. The molecule has 5 nitrogen and oxygen atoms in total. The third-order valence-corrected chi connectivity index (χ3v) is 3.86. The topological polar surface area (TPSA) is 55.8 Å². The first kappa shape index (κ1) is 19.4. The van der Waals surface area contributed by atoms with E-state index in [4.69, 9.17) is 4.74 Å². The van der Waals surface area contributed by atoms with E-state index in [-0.39, 0.29) is 37.3 Å². The number of esters is 1. The van der Waals surface area contributed by atoms with Gasteiger partial charge in [-0.1, -0.05) is 30.3 Å². The summed E-state index contributed by atoms with van der Waals surface area (Å²) in [5.41, 5.74) is 0.909. The second-order valence-electron chi connectivity index (χ2n) is 5.69. The Balaban J connectivity index is 1.93. The highest BCUT2D eigenvalue weighted by atomic mass is 19.1. The number of methoxy groups -OCH3 is 1. The van der Waals surface area contributed by atoms with Crippen molar-refractivity contribution in [1.29, 1.82) is 0 Å². The van der Waals surface area contributed by atoms with Gasteiger partial charge in [-0.2, -0.15) is 0 Å². The fraction of sp³-hybridized carbons (Fsp3) is 0.300. The summed E-state index contributed by atoms with van der Waals surface area (Å²) < 4.78 is 23.1. The Kier molecular flexibility index (Phi) is 7.61. The number of halogens is 1. The summed E-state index contributed by atoms with van der Waals surface area (Å²) in [5.74, 6) is -0.302. The Hall–Kier alpha value is -2.89. The van der Waals surface area contributed by atoms with Gasteiger partial charge in [-0.15, -0.1) is 0 Å². The van der Waals surface area contributed by atoms with Crippen molar-refractivity contribution in [1.82, 2.24) is 4.90 Å². The van der Waals surface area contributed by atoms with Crippen LogP contribution in [0.2, 0.25) is 0 Å². The Labute approximate surface area is 152 Å². The summed E-state index contributed by atoms with van der Waals surface area (Å²) in [7, 11) is 1.31. The Morgan fingerprint density at radius 2 is 1.69 bits per heavy atom. The van der Waals surface area contributed by atoms with Crippen LogP contribution in [0.1, 0.15) is 12.0 Å². The monoisotopic (exact) mass is 359 g/mol. The molecule has 2 aromatic carbocycles. The van der Waals surface area contributed by atoms with Crippen LogP contribution in [0, 0.1) is 5.82 Å². The van der Waals surface area contributed by atoms with E-state index >= 15 is 0 Å². The van der Waals surface area contributed by atoms with Crippen LogP contribution in [0.25, 0.3) is 0 Å². The molecule has 0 saturated carbocycles. The minimum Gasteiger partial charge on any atom is -0.484 e. The number of ether oxygens (including phenoxy) is 2. The van der Waals surface area contributed by atoms with Gasteiger partial charge in [0, 0.05) is 13.1 Å². The molecule has 0 saturated heterocycles. The molecule has 26 heavy (non-hydrogen) atoms. The third kappa shape index (κ3) is 6.55. The van der Waals surface area contributed by atoms with Crippen molar-refractivity contribution >= 4 is 11.9 Å². The standard InChI is InChI=1S/C20H22FNO4/c1-25-20(24)12-14-22(13-11-16-7-9-17(21)10-8-16)19(23)15-26-18-5-3-2-4-6-18/h2-10H,11-15H2,1H3. The SMILES string of the molecule is COC(=O)CCN(CCc1ccc(F)cc1)C(=O)COc1ccccc1. The minimum absolute atomic E-state index is 0.108. The lowest BCUT2D eigenvalue weighted by molar-refractivity contribution is -0.142. The van der Waals surface area contributed by atoms with E-state index in [1.165, 1.54) is 19.2 Å². The first-order chi connectivity index (χ1) is 12.6. The number of nitrogens with zero attached hydrogens (tertiary/aromatic N) is 1. The number of carbonyl (C=O) groups excluding carboxylic acids is 2. The summed E-state index contributed by atoms with van der Waals surface area (Å²) in [6.07, 6.45) is 0.662. The van der Waals surface area contributed by atoms with Gasteiger partial charge in [0.1, 0.15) is 11.6 Å². The zero-order chi connectivity index (χ0) is 18.8. The zero-order valence-electron chi connectivity index (χ0n) is 14.7. The first-order valence-corrected chi connectivity index (χ1v) is 8.35. The third-order valence-electron chi connectivity index (χ3n) is 3.86. The zero-order valence-corrected chi connectivity index (χ0v) is 14.7. The maximum absolute atomic E-state index is 13.0. The predicted octanol–water partition coefficient (Wildman–Crippen LogP) is 2.84. The van der Waals surface area contributed by atoms with Gasteiger partial charge in [-0.05, 0) is 36.2 Å². The fourth-order valence-corrected chi connectivity index (χ4v) is 2.36. The molecule has 0 aliphatic rings. The van der Waals surface area contributed by atoms with Gasteiger partial charge >= 0.3 is 5.97 Å². The number of para-hydroxylation sites is 1. The molecule has 2 aromatic rings. The molecular weight excluding hydrogens is 337 g/mol. The molecule has 0 spiro atoms. The fourth-order valence-electron chi connectivity index (χ4n) is 2.36. The van der Waals surface area contributed by atoms with Crippen molar-refractivity contribution in [3.05, 3.63) is 66.0 Å². The van der Waals surface area contributed by atoms with E-state index in [1.54, 1.807) is 29.2 Å². The summed E-state index contributed by atoms with van der Waals surface area (Å²) in [6, 6.07) is 15.2. The van der Waals surface area contributed by atoms with Gasteiger partial charge in [0.15, 0.2) is 6.61 Å². The second-order valence-corrected chi connectivity index (χ2v) is 5.69. The van der Waals surface area contributed by atoms with Gasteiger partial charge < -0.3 is 14.4 Å². The Bertz CT molecular complexity index is 704. The number of amides is 1. The van der Waals surface area contributed by atoms with Gasteiger partial charge in [-0.3, -0.25) is 9.59 Å². The summed E-state index contributed by atoms with van der Waals surface area (Å²) in [5, 5.41) is 0. The number of benzene rings is 2. The summed E-state index contributed by atoms with van der Waals surface area (Å²) in [4.78, 5) is 25.4. The normalized spacial score (nSPS) is 10.2. The van der Waals surface area contributed by atoms with Gasteiger partial charge in [0.05, 0.1) is 13.5 Å². The highest BCUT2D eigenvalue weighted by Gasteiger charge is 2.16. The molecule has 0 fully saturated rings. The number of hydrogen-bond acceptors (Lipinski definition) is 4. The van der Waals surface area contributed by atoms with Crippen molar-refractivity contribution in [2.24, 2.45) is 0 Å². The Morgan fingerprint density at radius 1 is 1.00 bits per heavy atom. The number of hydrogen-bond donors (Lipinski definition) is 0. The molecule has 6 heteroatoms. The van der Waals surface area contributed by atoms with Crippen LogP contribution in [0.3, 0.4) is 0 Å². The lowest BCUT2D eigenvalue weighted by Gasteiger charge is -2.22. The molecule has 0 bridgehead atoms. The molecule has 138 valence electrons. The van der Waals surface area contributed by atoms with E-state index in [0.717, 1.165) is 5.56 Å². The molecule has 0 atom stereocenters. The van der Waals surface area contributed by atoms with Gasteiger partial charge in [0.25, 0.3) is 5.91 Å². The maximum Gasteiger partial charge on any atom is 0.307 e. The number of rotatable bonds is 9. The molecule has 0 heterocycles. The second kappa shape index (κ2) is 10.2. The summed E-state index contributed by atoms with van der Waals surface area (Å²) >= 11 is 0. The lowest BCUT2D eigenvalue weighted by atomic mass is 10.1. The van der Waals surface area contributed by atoms with E-state index in [1.807, 2.05) is 18.2 Å². The summed E-state index contributed by atoms with van der Waals surface area (Å²) in [6.45, 7) is 0.527. The largest absolute Gasteiger partial charge is 0.484 e. The van der Waals surface area contributed by atoms with Crippen molar-refractivity contribution in [2.75, 3.05) is 26.8 Å². The van der Waals surface area contributed by atoms with Crippen LogP contribution in [0.5, 0.6) is 5.75 Å². The van der Waals surface area contributed by atoms with Crippen molar-refractivity contribution in [3.63, 3.8) is 0 Å². The Morgan fingerprint density at radius 3 is 2.35 bits per heavy atom. The van der Waals surface area contributed by atoms with Crippen LogP contribution in [-0.2, 0) is 20.7 Å². The molecular formula is C20H22FNO4. The molecule has 1 amide bonds. The van der Waals surface area contributed by atoms with Crippen LogP contribution in [-0.4, -0.2) is 43.6 Å². The average molecular weight is 359 g/mol. The van der Waals surface area contributed by atoms with Crippen molar-refractivity contribution < 1.29 is 23.5 Å². The highest BCUT2D eigenvalue weighted by Crippen LogP contribution is 2.09. The van der Waals surface area contributed by atoms with Crippen molar-refractivity contribution in [2.45, 2.75) is 12.8 Å². The van der Waals surface area contributed by atoms with E-state index in [0.29, 0.717) is 18.7 Å². The molecule has 0 aromatic heterocycles. The van der Waals surface area contributed by atoms with Crippen LogP contribution in [0.15, 0.2) is 54.6 Å². The quantitative estimate of drug-likeness (QED) is 0.646. The molecule has 0 N–H and O–H groups in total. The van der Waals surface area contributed by atoms with E-state index in [2.05, 4.69) is 4.74 Å². The highest BCUT2D eigenvalue weighted by molar-refractivity contribution is 5.78. The lowest BCUT2D eigenvalue weighted by Crippen LogP contribution is -2.38. The average Bonchev–Trinajstić information content (AvgIpc) is 2.68. The van der Waals surface area contributed by atoms with Crippen LogP contribution < -0.4 is 4.74 Å². The van der Waals surface area contributed by atoms with Crippen molar-refractivity contribution in [3.8, 4) is 5.75 Å². The minimum atomic E-state index is -0.381. The first-order valence-electron chi connectivity index (χ1n) is 8.35. The van der Waals surface area contributed by atoms with Crippen LogP contribution >= 0.6 is 0 Å². The van der Waals surface area contributed by atoms with Crippen LogP contribution in [0.4, 0.5) is 4.39 Å².